The normalized spacial score (nSPS) is 13.9. The van der Waals surface area contributed by atoms with E-state index in [0.29, 0.717) is 5.92 Å². The molecule has 0 spiro atoms. The lowest BCUT2D eigenvalue weighted by Gasteiger charge is -2.20. The quantitative estimate of drug-likeness (QED) is 0.775. The standard InChI is InChI=1S/C16H27NO2/c1-6-12(3)11-19-16-10-14(18-5)8-9-15(16)13(4)17-7-2/h8-10,12-13,17H,6-7,11H2,1-5H3. The first-order valence-electron chi connectivity index (χ1n) is 7.16. The molecule has 1 aromatic carbocycles. The molecule has 3 nitrogen and oxygen atoms in total. The highest BCUT2D eigenvalue weighted by atomic mass is 16.5. The Morgan fingerprint density at radius 3 is 2.53 bits per heavy atom. The van der Waals surface area contributed by atoms with Crippen molar-refractivity contribution in [2.45, 2.75) is 40.2 Å². The first-order chi connectivity index (χ1) is 9.12. The molecule has 2 atom stereocenters. The van der Waals surface area contributed by atoms with Gasteiger partial charge in [-0.25, -0.2) is 0 Å². The van der Waals surface area contributed by atoms with Gasteiger partial charge in [0.15, 0.2) is 0 Å². The van der Waals surface area contributed by atoms with Crippen molar-refractivity contribution < 1.29 is 9.47 Å². The topological polar surface area (TPSA) is 30.5 Å². The average Bonchev–Trinajstić information content (AvgIpc) is 2.44. The Morgan fingerprint density at radius 1 is 1.21 bits per heavy atom. The summed E-state index contributed by atoms with van der Waals surface area (Å²) in [5.41, 5.74) is 1.19. The summed E-state index contributed by atoms with van der Waals surface area (Å²) >= 11 is 0. The van der Waals surface area contributed by atoms with Crippen molar-refractivity contribution in [2.75, 3.05) is 20.3 Å². The van der Waals surface area contributed by atoms with E-state index < -0.39 is 0 Å². The molecule has 0 aromatic heterocycles. The molecule has 1 rings (SSSR count). The second-order valence-corrected chi connectivity index (χ2v) is 5.01. The third kappa shape index (κ3) is 4.75. The second kappa shape index (κ2) is 8.05. The van der Waals surface area contributed by atoms with Gasteiger partial charge in [0, 0.05) is 17.7 Å². The molecule has 0 bridgehead atoms. The lowest BCUT2D eigenvalue weighted by molar-refractivity contribution is 0.251. The summed E-state index contributed by atoms with van der Waals surface area (Å²) in [5, 5.41) is 3.42. The zero-order valence-electron chi connectivity index (χ0n) is 12.8. The number of methoxy groups -OCH3 is 1. The van der Waals surface area contributed by atoms with E-state index in [1.807, 2.05) is 12.1 Å². The summed E-state index contributed by atoms with van der Waals surface area (Å²) in [6.07, 6.45) is 1.13. The summed E-state index contributed by atoms with van der Waals surface area (Å²) in [6.45, 7) is 10.3. The van der Waals surface area contributed by atoms with Crippen LogP contribution in [-0.4, -0.2) is 20.3 Å². The zero-order chi connectivity index (χ0) is 14.3. The van der Waals surface area contributed by atoms with Crippen LogP contribution in [0.25, 0.3) is 0 Å². The van der Waals surface area contributed by atoms with Crippen molar-refractivity contribution in [1.29, 1.82) is 0 Å². The van der Waals surface area contributed by atoms with Crippen LogP contribution in [0.5, 0.6) is 11.5 Å². The average molecular weight is 265 g/mol. The van der Waals surface area contributed by atoms with Gasteiger partial charge in [-0.1, -0.05) is 33.3 Å². The van der Waals surface area contributed by atoms with Crippen LogP contribution >= 0.6 is 0 Å². The third-order valence-corrected chi connectivity index (χ3v) is 3.42. The first-order valence-corrected chi connectivity index (χ1v) is 7.16. The van der Waals surface area contributed by atoms with E-state index in [9.17, 15) is 0 Å². The Balaban J connectivity index is 2.88. The van der Waals surface area contributed by atoms with Gasteiger partial charge in [-0.3, -0.25) is 0 Å². The van der Waals surface area contributed by atoms with Crippen molar-refractivity contribution >= 4 is 0 Å². The largest absolute Gasteiger partial charge is 0.497 e. The van der Waals surface area contributed by atoms with Crippen LogP contribution in [0, 0.1) is 5.92 Å². The molecule has 0 heterocycles. The van der Waals surface area contributed by atoms with E-state index in [1.54, 1.807) is 7.11 Å². The number of benzene rings is 1. The minimum absolute atomic E-state index is 0.280. The molecule has 0 aliphatic carbocycles. The van der Waals surface area contributed by atoms with Gasteiger partial charge < -0.3 is 14.8 Å². The molecule has 1 N–H and O–H groups in total. The molecule has 0 saturated heterocycles. The van der Waals surface area contributed by atoms with Crippen molar-refractivity contribution in [1.82, 2.24) is 5.32 Å². The summed E-state index contributed by atoms with van der Waals surface area (Å²) in [4.78, 5) is 0. The molecule has 1 aromatic rings. The number of rotatable bonds is 8. The predicted octanol–water partition coefficient (Wildman–Crippen LogP) is 3.79. The summed E-state index contributed by atoms with van der Waals surface area (Å²) in [6, 6.07) is 6.32. The maximum atomic E-state index is 5.98. The molecule has 2 unspecified atom stereocenters. The van der Waals surface area contributed by atoms with Crippen LogP contribution in [0.1, 0.15) is 45.7 Å². The van der Waals surface area contributed by atoms with Crippen LogP contribution in [0.15, 0.2) is 18.2 Å². The number of ether oxygens (including phenoxy) is 2. The van der Waals surface area contributed by atoms with Crippen LogP contribution in [0.3, 0.4) is 0 Å². The summed E-state index contributed by atoms with van der Waals surface area (Å²) in [7, 11) is 1.68. The fraction of sp³-hybridized carbons (Fsp3) is 0.625. The molecule has 0 aliphatic rings. The predicted molar refractivity (Wildman–Crippen MR) is 80.0 cm³/mol. The van der Waals surface area contributed by atoms with Gasteiger partial charge >= 0.3 is 0 Å². The van der Waals surface area contributed by atoms with E-state index in [4.69, 9.17) is 9.47 Å². The number of hydrogen-bond acceptors (Lipinski definition) is 3. The lowest BCUT2D eigenvalue weighted by Crippen LogP contribution is -2.19. The molecule has 0 radical (unpaired) electrons. The van der Waals surface area contributed by atoms with E-state index in [-0.39, 0.29) is 6.04 Å². The Morgan fingerprint density at radius 2 is 1.95 bits per heavy atom. The Bertz CT molecular complexity index is 379. The van der Waals surface area contributed by atoms with Gasteiger partial charge in [0.1, 0.15) is 11.5 Å². The fourth-order valence-corrected chi connectivity index (χ4v) is 1.89. The monoisotopic (exact) mass is 265 g/mol. The molecule has 0 aliphatic heterocycles. The van der Waals surface area contributed by atoms with Crippen molar-refractivity contribution in [2.24, 2.45) is 5.92 Å². The first kappa shape index (κ1) is 15.8. The molecular formula is C16H27NO2. The van der Waals surface area contributed by atoms with E-state index in [1.165, 1.54) is 5.56 Å². The van der Waals surface area contributed by atoms with Crippen molar-refractivity contribution in [3.63, 3.8) is 0 Å². The zero-order valence-corrected chi connectivity index (χ0v) is 12.8. The summed E-state index contributed by atoms with van der Waals surface area (Å²) < 4.78 is 11.3. The Labute approximate surface area is 117 Å². The Hall–Kier alpha value is -1.22. The number of hydrogen-bond donors (Lipinski definition) is 1. The van der Waals surface area contributed by atoms with Gasteiger partial charge in [-0.15, -0.1) is 0 Å². The fourth-order valence-electron chi connectivity index (χ4n) is 1.89. The molecule has 0 amide bonds. The van der Waals surface area contributed by atoms with Crippen molar-refractivity contribution in [3.05, 3.63) is 23.8 Å². The third-order valence-electron chi connectivity index (χ3n) is 3.42. The highest BCUT2D eigenvalue weighted by Crippen LogP contribution is 2.30. The van der Waals surface area contributed by atoms with E-state index in [0.717, 1.165) is 31.1 Å². The molecule has 3 heteroatoms. The van der Waals surface area contributed by atoms with Gasteiger partial charge in [-0.2, -0.15) is 0 Å². The summed E-state index contributed by atoms with van der Waals surface area (Å²) in [5.74, 6) is 2.33. The maximum absolute atomic E-state index is 5.98. The van der Waals surface area contributed by atoms with Gasteiger partial charge in [0.2, 0.25) is 0 Å². The van der Waals surface area contributed by atoms with Gasteiger partial charge in [0.25, 0.3) is 0 Å². The van der Waals surface area contributed by atoms with Crippen LogP contribution in [0.2, 0.25) is 0 Å². The molecule has 0 fully saturated rings. The highest BCUT2D eigenvalue weighted by molar-refractivity contribution is 5.42. The number of nitrogens with one attached hydrogen (secondary N) is 1. The molecular weight excluding hydrogens is 238 g/mol. The van der Waals surface area contributed by atoms with Crippen molar-refractivity contribution in [3.8, 4) is 11.5 Å². The minimum Gasteiger partial charge on any atom is -0.497 e. The second-order valence-electron chi connectivity index (χ2n) is 5.01. The van der Waals surface area contributed by atoms with Gasteiger partial charge in [0.05, 0.1) is 13.7 Å². The molecule has 0 saturated carbocycles. The molecule has 108 valence electrons. The van der Waals surface area contributed by atoms with Gasteiger partial charge in [-0.05, 0) is 25.5 Å². The highest BCUT2D eigenvalue weighted by Gasteiger charge is 2.13. The van der Waals surface area contributed by atoms with Crippen LogP contribution in [0.4, 0.5) is 0 Å². The lowest BCUT2D eigenvalue weighted by atomic mass is 10.1. The Kier molecular flexibility index (Phi) is 6.71. The van der Waals surface area contributed by atoms with Crippen LogP contribution in [-0.2, 0) is 0 Å². The smallest absolute Gasteiger partial charge is 0.127 e. The van der Waals surface area contributed by atoms with E-state index >= 15 is 0 Å². The van der Waals surface area contributed by atoms with Crippen LogP contribution < -0.4 is 14.8 Å². The SMILES string of the molecule is CCNC(C)c1ccc(OC)cc1OCC(C)CC. The maximum Gasteiger partial charge on any atom is 0.127 e. The molecule has 19 heavy (non-hydrogen) atoms. The minimum atomic E-state index is 0.280. The van der Waals surface area contributed by atoms with E-state index in [2.05, 4.69) is 39.1 Å².